The van der Waals surface area contributed by atoms with Gasteiger partial charge in [0.15, 0.2) is 5.16 Å². The average molecular weight is 275 g/mol. The van der Waals surface area contributed by atoms with Crippen molar-refractivity contribution in [1.29, 1.82) is 0 Å². The molecule has 1 heterocycles. The van der Waals surface area contributed by atoms with Gasteiger partial charge in [0.25, 0.3) is 0 Å². The van der Waals surface area contributed by atoms with Crippen molar-refractivity contribution in [3.05, 3.63) is 48.3 Å². The van der Waals surface area contributed by atoms with Gasteiger partial charge < -0.3 is 9.30 Å². The molecule has 0 bridgehead atoms. The number of thioether (sulfide) groups is 1. The molecule has 5 heteroatoms. The Morgan fingerprint density at radius 1 is 1.37 bits per heavy atom. The van der Waals surface area contributed by atoms with Crippen LogP contribution >= 0.6 is 11.8 Å². The maximum Gasteiger partial charge on any atom is 0.191 e. The van der Waals surface area contributed by atoms with E-state index in [2.05, 4.69) is 22.8 Å². The zero-order chi connectivity index (χ0) is 13.7. The summed E-state index contributed by atoms with van der Waals surface area (Å²) in [5, 5.41) is 9.20. The maximum absolute atomic E-state index is 5.34. The highest BCUT2D eigenvalue weighted by Gasteiger charge is 2.09. The molecule has 0 unspecified atom stereocenters. The van der Waals surface area contributed by atoms with Gasteiger partial charge in [-0.15, -0.1) is 16.8 Å². The fraction of sp³-hybridized carbons (Fsp3) is 0.286. The van der Waals surface area contributed by atoms with Crippen molar-refractivity contribution in [2.75, 3.05) is 7.11 Å². The fourth-order valence-electron chi connectivity index (χ4n) is 1.77. The number of allylic oxidation sites excluding steroid dienone is 1. The number of rotatable bonds is 6. The Balaban J connectivity index is 2.12. The van der Waals surface area contributed by atoms with Crippen molar-refractivity contribution in [3.8, 4) is 5.75 Å². The summed E-state index contributed by atoms with van der Waals surface area (Å²) in [5.74, 6) is 2.61. The van der Waals surface area contributed by atoms with Gasteiger partial charge in [-0.3, -0.25) is 0 Å². The minimum Gasteiger partial charge on any atom is -0.496 e. The third kappa shape index (κ3) is 3.17. The normalized spacial score (nSPS) is 10.4. The van der Waals surface area contributed by atoms with Crippen molar-refractivity contribution in [2.45, 2.75) is 24.4 Å². The van der Waals surface area contributed by atoms with Gasteiger partial charge in [0.2, 0.25) is 0 Å². The predicted molar refractivity (Wildman–Crippen MR) is 77.5 cm³/mol. The molecule has 0 radical (unpaired) electrons. The second-order valence-electron chi connectivity index (χ2n) is 4.03. The van der Waals surface area contributed by atoms with E-state index in [1.807, 2.05) is 35.8 Å². The molecule has 1 aromatic carbocycles. The van der Waals surface area contributed by atoms with Crippen LogP contribution < -0.4 is 4.74 Å². The third-order valence-electron chi connectivity index (χ3n) is 2.76. The topological polar surface area (TPSA) is 39.9 Å². The zero-order valence-corrected chi connectivity index (χ0v) is 12.0. The van der Waals surface area contributed by atoms with E-state index in [9.17, 15) is 0 Å². The lowest BCUT2D eigenvalue weighted by Crippen LogP contribution is -2.00. The molecule has 0 aliphatic rings. The van der Waals surface area contributed by atoms with Gasteiger partial charge in [-0.2, -0.15) is 0 Å². The van der Waals surface area contributed by atoms with E-state index in [0.717, 1.165) is 34.6 Å². The smallest absolute Gasteiger partial charge is 0.191 e. The summed E-state index contributed by atoms with van der Waals surface area (Å²) in [6, 6.07) is 8.01. The Morgan fingerprint density at radius 2 is 2.16 bits per heavy atom. The van der Waals surface area contributed by atoms with Gasteiger partial charge in [-0.25, -0.2) is 0 Å². The van der Waals surface area contributed by atoms with Crippen molar-refractivity contribution in [2.24, 2.45) is 0 Å². The summed E-state index contributed by atoms with van der Waals surface area (Å²) < 4.78 is 7.39. The molecule has 1 aromatic heterocycles. The third-order valence-corrected chi connectivity index (χ3v) is 3.78. The highest BCUT2D eigenvalue weighted by molar-refractivity contribution is 7.98. The molecular weight excluding hydrogens is 258 g/mol. The number of hydrogen-bond acceptors (Lipinski definition) is 4. The summed E-state index contributed by atoms with van der Waals surface area (Å²) in [7, 11) is 1.69. The zero-order valence-electron chi connectivity index (χ0n) is 11.2. The number of aryl methyl sites for hydroxylation is 1. The van der Waals surface area contributed by atoms with E-state index in [1.165, 1.54) is 0 Å². The van der Waals surface area contributed by atoms with Crippen LogP contribution in [0.25, 0.3) is 0 Å². The summed E-state index contributed by atoms with van der Waals surface area (Å²) in [4.78, 5) is 0. The van der Waals surface area contributed by atoms with Gasteiger partial charge in [-0.05, 0) is 13.0 Å². The van der Waals surface area contributed by atoms with Crippen molar-refractivity contribution < 1.29 is 4.74 Å². The first-order valence-electron chi connectivity index (χ1n) is 6.01. The molecule has 0 amide bonds. The minimum atomic E-state index is 0.729. The molecule has 4 nitrogen and oxygen atoms in total. The molecule has 0 aliphatic carbocycles. The largest absolute Gasteiger partial charge is 0.496 e. The number of methoxy groups -OCH3 is 1. The van der Waals surface area contributed by atoms with Crippen molar-refractivity contribution in [1.82, 2.24) is 14.8 Å². The van der Waals surface area contributed by atoms with Gasteiger partial charge in [0, 0.05) is 17.9 Å². The molecule has 0 fully saturated rings. The monoisotopic (exact) mass is 275 g/mol. The second-order valence-corrected chi connectivity index (χ2v) is 4.97. The number of benzene rings is 1. The molecule has 19 heavy (non-hydrogen) atoms. The first-order valence-corrected chi connectivity index (χ1v) is 7.00. The summed E-state index contributed by atoms with van der Waals surface area (Å²) in [5.41, 5.74) is 1.15. The average Bonchev–Trinajstić information content (AvgIpc) is 2.78. The Morgan fingerprint density at radius 3 is 2.89 bits per heavy atom. The highest BCUT2D eigenvalue weighted by Crippen LogP contribution is 2.27. The van der Waals surface area contributed by atoms with Crippen LogP contribution in [0.3, 0.4) is 0 Å². The Hall–Kier alpha value is -1.75. The van der Waals surface area contributed by atoms with Gasteiger partial charge in [-0.1, -0.05) is 36.0 Å². The van der Waals surface area contributed by atoms with Crippen LogP contribution in [0.2, 0.25) is 0 Å². The molecule has 0 atom stereocenters. The summed E-state index contributed by atoms with van der Waals surface area (Å²) in [6.07, 6.45) is 1.85. The second kappa shape index (κ2) is 6.43. The number of aromatic nitrogens is 3. The van der Waals surface area contributed by atoms with Crippen molar-refractivity contribution >= 4 is 11.8 Å². The molecule has 2 aromatic rings. The first-order chi connectivity index (χ1) is 9.26. The standard InChI is InChI=1S/C14H17N3OS/c1-4-9-17-11(2)15-16-14(17)19-10-12-7-5-6-8-13(12)18-3/h4-8H,1,9-10H2,2-3H3. The molecule has 0 aliphatic heterocycles. The van der Waals surface area contributed by atoms with Crippen molar-refractivity contribution in [3.63, 3.8) is 0 Å². The number of nitrogens with zero attached hydrogens (tertiary/aromatic N) is 3. The van der Waals surface area contributed by atoms with E-state index in [-0.39, 0.29) is 0 Å². The van der Waals surface area contributed by atoms with Crippen LogP contribution in [0.4, 0.5) is 0 Å². The highest BCUT2D eigenvalue weighted by atomic mass is 32.2. The number of hydrogen-bond donors (Lipinski definition) is 0. The molecular formula is C14H17N3OS. The van der Waals surface area contributed by atoms with Crippen LogP contribution in [0.5, 0.6) is 5.75 Å². The number of ether oxygens (including phenoxy) is 1. The summed E-state index contributed by atoms with van der Waals surface area (Å²) in [6.45, 7) is 6.44. The Kier molecular flexibility index (Phi) is 4.63. The van der Waals surface area contributed by atoms with Crippen LogP contribution in [0.15, 0.2) is 42.1 Å². The molecule has 100 valence electrons. The predicted octanol–water partition coefficient (Wildman–Crippen LogP) is 3.07. The Labute approximate surface area is 117 Å². The Bertz CT molecular complexity index is 566. The van der Waals surface area contributed by atoms with Gasteiger partial charge >= 0.3 is 0 Å². The van der Waals surface area contributed by atoms with E-state index < -0.39 is 0 Å². The molecule has 0 spiro atoms. The van der Waals surface area contributed by atoms with Crippen LogP contribution in [-0.4, -0.2) is 21.9 Å². The van der Waals surface area contributed by atoms with Gasteiger partial charge in [0.1, 0.15) is 11.6 Å². The molecule has 0 N–H and O–H groups in total. The van der Waals surface area contributed by atoms with E-state index in [1.54, 1.807) is 18.9 Å². The number of para-hydroxylation sites is 1. The van der Waals surface area contributed by atoms with E-state index in [0.29, 0.717) is 0 Å². The van der Waals surface area contributed by atoms with E-state index >= 15 is 0 Å². The first kappa shape index (κ1) is 13.7. The van der Waals surface area contributed by atoms with Crippen LogP contribution in [-0.2, 0) is 12.3 Å². The maximum atomic E-state index is 5.34. The lowest BCUT2D eigenvalue weighted by atomic mass is 10.2. The molecule has 2 rings (SSSR count). The van der Waals surface area contributed by atoms with Crippen LogP contribution in [0, 0.1) is 6.92 Å². The van der Waals surface area contributed by atoms with Gasteiger partial charge in [0.05, 0.1) is 7.11 Å². The lowest BCUT2D eigenvalue weighted by Gasteiger charge is -2.08. The quantitative estimate of drug-likeness (QED) is 0.600. The molecule has 0 saturated heterocycles. The van der Waals surface area contributed by atoms with Crippen LogP contribution in [0.1, 0.15) is 11.4 Å². The lowest BCUT2D eigenvalue weighted by molar-refractivity contribution is 0.411. The van der Waals surface area contributed by atoms with E-state index in [4.69, 9.17) is 4.74 Å². The SMILES string of the molecule is C=CCn1c(C)nnc1SCc1ccccc1OC. The summed E-state index contributed by atoms with van der Waals surface area (Å²) >= 11 is 1.65. The minimum absolute atomic E-state index is 0.729. The molecule has 0 saturated carbocycles. The fourth-order valence-corrected chi connectivity index (χ4v) is 2.76.